The van der Waals surface area contributed by atoms with Gasteiger partial charge in [0, 0.05) is 25.7 Å². The molecule has 2 heterocycles. The first-order valence-electron chi connectivity index (χ1n) is 11.8. The Morgan fingerprint density at radius 1 is 0.970 bits per heavy atom. The maximum atomic E-state index is 12.5. The minimum atomic E-state index is -0.307. The van der Waals surface area contributed by atoms with Crippen molar-refractivity contribution < 1.29 is 14.3 Å². The topological polar surface area (TPSA) is 42.0 Å². The van der Waals surface area contributed by atoms with Crippen LogP contribution < -0.4 is 4.74 Å². The van der Waals surface area contributed by atoms with Gasteiger partial charge in [-0.2, -0.15) is 0 Å². The molecule has 5 nitrogen and oxygen atoms in total. The van der Waals surface area contributed by atoms with E-state index in [1.165, 1.54) is 19.1 Å². The highest BCUT2D eigenvalue weighted by atomic mass is 35.5. The molecule has 1 atom stereocenters. The summed E-state index contributed by atoms with van der Waals surface area (Å²) in [6, 6.07) is 13.6. The molecule has 0 bridgehead atoms. The number of methoxy groups -OCH3 is 1. The Morgan fingerprint density at radius 2 is 1.67 bits per heavy atom. The van der Waals surface area contributed by atoms with Gasteiger partial charge in [-0.15, -0.1) is 0 Å². The van der Waals surface area contributed by atoms with Gasteiger partial charge in [-0.25, -0.2) is 4.79 Å². The first kappa shape index (κ1) is 24.3. The van der Waals surface area contributed by atoms with Crippen molar-refractivity contribution in [3.05, 3.63) is 63.6 Å². The van der Waals surface area contributed by atoms with Gasteiger partial charge in [-0.3, -0.25) is 9.80 Å². The minimum Gasteiger partial charge on any atom is -0.490 e. The van der Waals surface area contributed by atoms with E-state index in [0.717, 1.165) is 69.7 Å². The molecule has 0 saturated carbocycles. The average molecular weight is 491 g/mol. The molecule has 2 aliphatic heterocycles. The quantitative estimate of drug-likeness (QED) is 0.463. The Bertz CT molecular complexity index is 924. The van der Waals surface area contributed by atoms with Crippen LogP contribution >= 0.6 is 23.2 Å². The van der Waals surface area contributed by atoms with Crippen molar-refractivity contribution in [1.82, 2.24) is 9.80 Å². The fourth-order valence-corrected chi connectivity index (χ4v) is 5.06. The van der Waals surface area contributed by atoms with Crippen molar-refractivity contribution in [3.63, 3.8) is 0 Å². The molecule has 0 radical (unpaired) electrons. The second-order valence-corrected chi connectivity index (χ2v) is 9.75. The molecule has 7 heteroatoms. The van der Waals surface area contributed by atoms with Crippen molar-refractivity contribution >= 4 is 29.2 Å². The number of nitrogens with zero attached hydrogens (tertiary/aromatic N) is 2. The smallest absolute Gasteiger partial charge is 0.327 e. The third-order valence-electron chi connectivity index (χ3n) is 6.61. The number of esters is 1. The van der Waals surface area contributed by atoms with Crippen LogP contribution in [0.4, 0.5) is 0 Å². The number of benzene rings is 2. The van der Waals surface area contributed by atoms with Crippen LogP contribution in [0, 0.1) is 0 Å². The van der Waals surface area contributed by atoms with E-state index in [1.54, 1.807) is 12.1 Å². The molecule has 0 N–H and O–H groups in total. The molecule has 2 saturated heterocycles. The Kier molecular flexibility index (Phi) is 8.53. The third-order valence-corrected chi connectivity index (χ3v) is 7.35. The monoisotopic (exact) mass is 490 g/mol. The number of hydrogen-bond donors (Lipinski definition) is 0. The van der Waals surface area contributed by atoms with E-state index in [4.69, 9.17) is 32.7 Å². The Labute approximate surface area is 206 Å². The number of piperidine rings is 2. The number of rotatable bonds is 7. The van der Waals surface area contributed by atoms with Crippen molar-refractivity contribution in [2.45, 2.75) is 50.8 Å². The minimum absolute atomic E-state index is 0.173. The maximum Gasteiger partial charge on any atom is 0.327 e. The Hall–Kier alpha value is -1.79. The highest BCUT2D eigenvalue weighted by molar-refractivity contribution is 6.42. The lowest BCUT2D eigenvalue weighted by molar-refractivity contribution is -0.147. The van der Waals surface area contributed by atoms with Crippen LogP contribution in [0.15, 0.2) is 42.5 Å². The molecule has 0 aromatic heterocycles. The van der Waals surface area contributed by atoms with Gasteiger partial charge in [-0.05, 0) is 62.0 Å². The van der Waals surface area contributed by atoms with Gasteiger partial charge < -0.3 is 9.47 Å². The summed E-state index contributed by atoms with van der Waals surface area (Å²) in [7, 11) is 1.47. The highest BCUT2D eigenvalue weighted by Crippen LogP contribution is 2.29. The van der Waals surface area contributed by atoms with E-state index in [0.29, 0.717) is 10.0 Å². The van der Waals surface area contributed by atoms with Crippen molar-refractivity contribution in [1.29, 1.82) is 0 Å². The lowest BCUT2D eigenvalue weighted by atomic mass is 10.00. The molecule has 2 aromatic carbocycles. The molecule has 0 amide bonds. The summed E-state index contributed by atoms with van der Waals surface area (Å²) in [5.41, 5.74) is 2.27. The number of carbonyl (C=O) groups excluding carboxylic acids is 1. The molecule has 2 fully saturated rings. The maximum absolute atomic E-state index is 12.5. The summed E-state index contributed by atoms with van der Waals surface area (Å²) in [4.78, 5) is 17.2. The highest BCUT2D eigenvalue weighted by Gasteiger charge is 2.29. The first-order valence-corrected chi connectivity index (χ1v) is 12.5. The van der Waals surface area contributed by atoms with Crippen molar-refractivity contribution in [2.24, 2.45) is 0 Å². The van der Waals surface area contributed by atoms with Gasteiger partial charge in [0.15, 0.2) is 0 Å². The Morgan fingerprint density at radius 3 is 2.30 bits per heavy atom. The molecule has 4 rings (SSSR count). The van der Waals surface area contributed by atoms with Crippen LogP contribution in [0.25, 0.3) is 0 Å². The number of carbonyl (C=O) groups is 1. The second-order valence-electron chi connectivity index (χ2n) is 8.93. The number of hydrogen-bond acceptors (Lipinski definition) is 5. The van der Waals surface area contributed by atoms with Crippen LogP contribution in [0.3, 0.4) is 0 Å². The zero-order chi connectivity index (χ0) is 23.2. The van der Waals surface area contributed by atoms with Crippen molar-refractivity contribution in [2.75, 3.05) is 33.3 Å². The van der Waals surface area contributed by atoms with E-state index < -0.39 is 0 Å². The predicted octanol–water partition coefficient (Wildman–Crippen LogP) is 5.74. The first-order chi connectivity index (χ1) is 16.0. The van der Waals surface area contributed by atoms with Gasteiger partial charge >= 0.3 is 5.97 Å². The molecular formula is C26H32Cl2N2O3. The molecule has 0 spiro atoms. The summed E-state index contributed by atoms with van der Waals surface area (Å²) in [6.45, 7) is 4.74. The van der Waals surface area contributed by atoms with Gasteiger partial charge in [0.05, 0.1) is 17.2 Å². The lowest BCUT2D eigenvalue weighted by Crippen LogP contribution is -2.38. The van der Waals surface area contributed by atoms with E-state index >= 15 is 0 Å². The van der Waals surface area contributed by atoms with E-state index in [9.17, 15) is 4.79 Å². The standard InChI is InChI=1S/C26H32Cl2N2O3/c1-32-26(31)25(30-13-3-2-4-14-30)20-7-5-19(6-8-20)18-29-15-11-21(12-16-29)33-22-9-10-23(27)24(28)17-22/h5-10,17,21,25H,2-4,11-16,18H2,1H3. The molecule has 2 aromatic rings. The summed E-state index contributed by atoms with van der Waals surface area (Å²) in [5, 5.41) is 1.06. The third kappa shape index (κ3) is 6.42. The molecular weight excluding hydrogens is 459 g/mol. The van der Waals surface area contributed by atoms with Gasteiger partial charge in [0.25, 0.3) is 0 Å². The molecule has 1 unspecified atom stereocenters. The van der Waals surface area contributed by atoms with Crippen LogP contribution in [0.5, 0.6) is 5.75 Å². The van der Waals surface area contributed by atoms with E-state index in [-0.39, 0.29) is 18.1 Å². The van der Waals surface area contributed by atoms with E-state index in [1.807, 2.05) is 6.07 Å². The molecule has 33 heavy (non-hydrogen) atoms. The fourth-order valence-electron chi connectivity index (χ4n) is 4.78. The summed E-state index contributed by atoms with van der Waals surface area (Å²) in [5.74, 6) is 0.598. The molecule has 0 aliphatic carbocycles. The second kappa shape index (κ2) is 11.6. The van der Waals surface area contributed by atoms with Crippen LogP contribution in [-0.4, -0.2) is 55.2 Å². The SMILES string of the molecule is COC(=O)C(c1ccc(CN2CCC(Oc3ccc(Cl)c(Cl)c3)CC2)cc1)N1CCCCC1. The molecule has 2 aliphatic rings. The normalized spacial score (nSPS) is 19.2. The lowest BCUT2D eigenvalue weighted by Gasteiger charge is -2.33. The van der Waals surface area contributed by atoms with E-state index in [2.05, 4.69) is 34.1 Å². The summed E-state index contributed by atoms with van der Waals surface area (Å²) in [6.07, 6.45) is 5.63. The summed E-state index contributed by atoms with van der Waals surface area (Å²) < 4.78 is 11.2. The number of ether oxygens (including phenoxy) is 2. The number of likely N-dealkylation sites (tertiary alicyclic amines) is 2. The average Bonchev–Trinajstić information content (AvgIpc) is 2.84. The van der Waals surface area contributed by atoms with Crippen LogP contribution in [0.1, 0.15) is 49.3 Å². The zero-order valence-electron chi connectivity index (χ0n) is 19.1. The van der Waals surface area contributed by atoms with Gasteiger partial charge in [0.2, 0.25) is 0 Å². The molecule has 178 valence electrons. The number of halogens is 2. The summed E-state index contributed by atoms with van der Waals surface area (Å²) >= 11 is 12.1. The predicted molar refractivity (Wildman–Crippen MR) is 132 cm³/mol. The van der Waals surface area contributed by atoms with Crippen LogP contribution in [-0.2, 0) is 16.1 Å². The zero-order valence-corrected chi connectivity index (χ0v) is 20.7. The van der Waals surface area contributed by atoms with Crippen LogP contribution in [0.2, 0.25) is 10.0 Å². The largest absolute Gasteiger partial charge is 0.490 e. The van der Waals surface area contributed by atoms with Gasteiger partial charge in [-0.1, -0.05) is 53.9 Å². The Balaban J connectivity index is 1.30. The van der Waals surface area contributed by atoms with Crippen molar-refractivity contribution in [3.8, 4) is 5.75 Å². The van der Waals surface area contributed by atoms with Gasteiger partial charge in [0.1, 0.15) is 17.9 Å². The fraction of sp³-hybridized carbons (Fsp3) is 0.500.